The molecule has 4 heteroatoms. The lowest BCUT2D eigenvalue weighted by Gasteiger charge is -2.42. The zero-order chi connectivity index (χ0) is 13.8. The van der Waals surface area contributed by atoms with E-state index in [1.807, 2.05) is 0 Å². The Labute approximate surface area is 121 Å². The monoisotopic (exact) mass is 281 g/mol. The maximum atomic E-state index is 4.59. The van der Waals surface area contributed by atoms with E-state index in [2.05, 4.69) is 48.3 Å². The summed E-state index contributed by atoms with van der Waals surface area (Å²) in [5, 5.41) is 7.08. The smallest absolute Gasteiger partial charge is 0.0897 e. The lowest BCUT2D eigenvalue weighted by molar-refractivity contribution is 0.0775. The van der Waals surface area contributed by atoms with E-state index in [-0.39, 0.29) is 0 Å². The molecule has 0 bridgehead atoms. The van der Waals surface area contributed by atoms with Gasteiger partial charge in [-0.05, 0) is 39.2 Å². The van der Waals surface area contributed by atoms with Crippen molar-refractivity contribution in [1.29, 1.82) is 0 Å². The number of hydrogen-bond donors (Lipinski definition) is 1. The molecule has 19 heavy (non-hydrogen) atoms. The fourth-order valence-corrected chi connectivity index (χ4v) is 3.57. The van der Waals surface area contributed by atoms with Gasteiger partial charge in [0.1, 0.15) is 0 Å². The van der Waals surface area contributed by atoms with Crippen LogP contribution in [0, 0.1) is 12.8 Å². The summed E-state index contributed by atoms with van der Waals surface area (Å²) < 4.78 is 0. The minimum Gasteiger partial charge on any atom is -0.314 e. The Morgan fingerprint density at radius 2 is 2.26 bits per heavy atom. The standard InChI is InChI=1S/C15H27N3S/c1-5-7-16-15-6-8-18(12(3)11(15)2)9-14-10-19-13(4)17-14/h10-12,15-16H,5-9H2,1-4H3. The van der Waals surface area contributed by atoms with Gasteiger partial charge in [0, 0.05) is 30.6 Å². The van der Waals surface area contributed by atoms with E-state index in [9.17, 15) is 0 Å². The molecule has 2 heterocycles. The number of thiazole rings is 1. The highest BCUT2D eigenvalue weighted by Gasteiger charge is 2.32. The molecule has 1 fully saturated rings. The molecule has 3 unspecified atom stereocenters. The second-order valence-electron chi connectivity index (χ2n) is 5.78. The van der Waals surface area contributed by atoms with Gasteiger partial charge < -0.3 is 5.32 Å². The summed E-state index contributed by atoms with van der Waals surface area (Å²) in [6.45, 7) is 12.4. The van der Waals surface area contributed by atoms with Gasteiger partial charge in [0.2, 0.25) is 0 Å². The van der Waals surface area contributed by atoms with Crippen molar-refractivity contribution in [3.8, 4) is 0 Å². The quantitative estimate of drug-likeness (QED) is 0.899. The Bertz CT molecular complexity index is 390. The van der Waals surface area contributed by atoms with Crippen molar-refractivity contribution in [3.63, 3.8) is 0 Å². The van der Waals surface area contributed by atoms with Crippen LogP contribution in [0.3, 0.4) is 0 Å². The van der Waals surface area contributed by atoms with Crippen LogP contribution < -0.4 is 5.32 Å². The highest BCUT2D eigenvalue weighted by Crippen LogP contribution is 2.25. The van der Waals surface area contributed by atoms with Crippen LogP contribution in [0.4, 0.5) is 0 Å². The third kappa shape index (κ3) is 3.77. The molecule has 1 aromatic heterocycles. The first-order valence-electron chi connectivity index (χ1n) is 7.50. The van der Waals surface area contributed by atoms with Crippen molar-refractivity contribution in [2.75, 3.05) is 13.1 Å². The van der Waals surface area contributed by atoms with Crippen molar-refractivity contribution < 1.29 is 0 Å². The maximum Gasteiger partial charge on any atom is 0.0897 e. The number of hydrogen-bond acceptors (Lipinski definition) is 4. The Morgan fingerprint density at radius 3 is 2.89 bits per heavy atom. The second-order valence-corrected chi connectivity index (χ2v) is 6.84. The number of piperidine rings is 1. The van der Waals surface area contributed by atoms with Gasteiger partial charge in [0.25, 0.3) is 0 Å². The van der Waals surface area contributed by atoms with Crippen molar-refractivity contribution in [2.24, 2.45) is 5.92 Å². The molecule has 0 amide bonds. The van der Waals surface area contributed by atoms with Crippen LogP contribution >= 0.6 is 11.3 Å². The fraction of sp³-hybridized carbons (Fsp3) is 0.800. The summed E-state index contributed by atoms with van der Waals surface area (Å²) in [6.07, 6.45) is 2.48. The normalized spacial score (nSPS) is 28.7. The van der Waals surface area contributed by atoms with E-state index in [1.165, 1.54) is 30.1 Å². The molecular formula is C15H27N3S. The SMILES string of the molecule is CCCNC1CCN(Cc2csc(C)n2)C(C)C1C. The fourth-order valence-electron chi connectivity index (χ4n) is 2.97. The predicted molar refractivity (Wildman–Crippen MR) is 82.6 cm³/mol. The Hall–Kier alpha value is -0.450. The maximum absolute atomic E-state index is 4.59. The first-order chi connectivity index (χ1) is 9.11. The lowest BCUT2D eigenvalue weighted by Crippen LogP contribution is -2.53. The van der Waals surface area contributed by atoms with Crippen molar-refractivity contribution >= 4 is 11.3 Å². The highest BCUT2D eigenvalue weighted by atomic mass is 32.1. The first-order valence-corrected chi connectivity index (χ1v) is 8.38. The molecule has 0 aromatic carbocycles. The number of aromatic nitrogens is 1. The van der Waals surface area contributed by atoms with Gasteiger partial charge in [-0.15, -0.1) is 11.3 Å². The molecule has 1 aliphatic heterocycles. The molecule has 1 aromatic rings. The minimum absolute atomic E-state index is 0.630. The third-order valence-corrected chi connectivity index (χ3v) is 5.21. The zero-order valence-electron chi connectivity index (χ0n) is 12.6. The molecule has 1 saturated heterocycles. The molecule has 1 aliphatic rings. The number of likely N-dealkylation sites (tertiary alicyclic amines) is 1. The van der Waals surface area contributed by atoms with Crippen molar-refractivity contribution in [1.82, 2.24) is 15.2 Å². The number of rotatable bonds is 5. The van der Waals surface area contributed by atoms with Crippen LogP contribution in [0.25, 0.3) is 0 Å². The van der Waals surface area contributed by atoms with E-state index < -0.39 is 0 Å². The topological polar surface area (TPSA) is 28.2 Å². The van der Waals surface area contributed by atoms with Gasteiger partial charge in [0.15, 0.2) is 0 Å². The molecule has 0 saturated carbocycles. The van der Waals surface area contributed by atoms with Gasteiger partial charge in [-0.2, -0.15) is 0 Å². The molecule has 1 N–H and O–H groups in total. The molecule has 108 valence electrons. The van der Waals surface area contributed by atoms with Crippen LogP contribution in [0.2, 0.25) is 0 Å². The van der Waals surface area contributed by atoms with Gasteiger partial charge in [-0.3, -0.25) is 4.90 Å². The summed E-state index contributed by atoms with van der Waals surface area (Å²) >= 11 is 1.76. The average molecular weight is 281 g/mol. The van der Waals surface area contributed by atoms with E-state index in [0.29, 0.717) is 18.0 Å². The number of nitrogens with zero attached hydrogens (tertiary/aromatic N) is 2. The summed E-state index contributed by atoms with van der Waals surface area (Å²) in [5.41, 5.74) is 1.24. The average Bonchev–Trinajstić information content (AvgIpc) is 2.80. The molecular weight excluding hydrogens is 254 g/mol. The van der Waals surface area contributed by atoms with Gasteiger partial charge in [-0.25, -0.2) is 4.98 Å². The molecule has 0 aliphatic carbocycles. The Kier molecular flexibility index (Phi) is 5.37. The van der Waals surface area contributed by atoms with E-state index >= 15 is 0 Å². The second kappa shape index (κ2) is 6.82. The van der Waals surface area contributed by atoms with Crippen molar-refractivity contribution in [3.05, 3.63) is 16.1 Å². The third-order valence-electron chi connectivity index (χ3n) is 4.39. The number of aryl methyl sites for hydroxylation is 1. The van der Waals surface area contributed by atoms with Crippen LogP contribution in [0.5, 0.6) is 0 Å². The van der Waals surface area contributed by atoms with Crippen molar-refractivity contribution in [2.45, 2.75) is 59.2 Å². The van der Waals surface area contributed by atoms with Crippen LogP contribution in [0.15, 0.2) is 5.38 Å². The van der Waals surface area contributed by atoms with Gasteiger partial charge >= 0.3 is 0 Å². The summed E-state index contributed by atoms with van der Waals surface area (Å²) in [4.78, 5) is 7.18. The van der Waals surface area contributed by atoms with Crippen LogP contribution in [-0.4, -0.2) is 35.1 Å². The summed E-state index contributed by atoms with van der Waals surface area (Å²) in [5.74, 6) is 0.708. The lowest BCUT2D eigenvalue weighted by atomic mass is 9.87. The van der Waals surface area contributed by atoms with Crippen LogP contribution in [0.1, 0.15) is 44.3 Å². The molecule has 3 atom stereocenters. The molecule has 2 rings (SSSR count). The van der Waals surface area contributed by atoms with E-state index in [1.54, 1.807) is 11.3 Å². The Balaban J connectivity index is 1.91. The van der Waals surface area contributed by atoms with E-state index in [4.69, 9.17) is 0 Å². The minimum atomic E-state index is 0.630. The Morgan fingerprint density at radius 1 is 1.47 bits per heavy atom. The molecule has 3 nitrogen and oxygen atoms in total. The largest absolute Gasteiger partial charge is 0.314 e. The highest BCUT2D eigenvalue weighted by molar-refractivity contribution is 7.09. The van der Waals surface area contributed by atoms with Crippen LogP contribution in [-0.2, 0) is 6.54 Å². The summed E-state index contributed by atoms with van der Waals surface area (Å²) in [6, 6.07) is 1.31. The first kappa shape index (κ1) is 14.9. The van der Waals surface area contributed by atoms with Gasteiger partial charge in [0.05, 0.1) is 10.7 Å². The van der Waals surface area contributed by atoms with Gasteiger partial charge in [-0.1, -0.05) is 13.8 Å². The zero-order valence-corrected chi connectivity index (χ0v) is 13.5. The summed E-state index contributed by atoms with van der Waals surface area (Å²) in [7, 11) is 0. The predicted octanol–water partition coefficient (Wildman–Crippen LogP) is 3.05. The number of nitrogens with one attached hydrogen (secondary N) is 1. The van der Waals surface area contributed by atoms with E-state index in [0.717, 1.165) is 13.1 Å². The molecule has 0 spiro atoms. The molecule has 0 radical (unpaired) electrons.